The molecule has 0 spiro atoms. The summed E-state index contributed by atoms with van der Waals surface area (Å²) in [7, 11) is -3.76. The Morgan fingerprint density at radius 3 is 1.00 bits per heavy atom. The molecule has 238 valence electrons. The second-order valence-electron chi connectivity index (χ2n) is 14.1. The van der Waals surface area contributed by atoms with Crippen LogP contribution in [-0.2, 0) is 0 Å². The summed E-state index contributed by atoms with van der Waals surface area (Å²) in [5.74, 6) is 20.4. The summed E-state index contributed by atoms with van der Waals surface area (Å²) in [6, 6.07) is 16.0. The van der Waals surface area contributed by atoms with E-state index in [1.807, 2.05) is 48.5 Å². The monoisotopic (exact) mass is 640 g/mol. The molecule has 1 aromatic carbocycles. The predicted molar refractivity (Wildman–Crippen MR) is 203 cm³/mol. The molecule has 0 atom stereocenters. The smallest absolute Gasteiger partial charge is 0.146 e. The molecule has 2 heterocycles. The van der Waals surface area contributed by atoms with E-state index in [0.29, 0.717) is 44.6 Å². The van der Waals surface area contributed by atoms with E-state index in [1.165, 1.54) is 0 Å². The molecule has 0 unspecified atom stereocenters. The van der Waals surface area contributed by atoms with Crippen LogP contribution >= 0.6 is 0 Å². The van der Waals surface area contributed by atoms with Crippen molar-refractivity contribution in [2.45, 2.75) is 116 Å². The highest BCUT2D eigenvalue weighted by atomic mass is 28.3. The summed E-state index contributed by atoms with van der Waals surface area (Å²) < 4.78 is 0. The highest BCUT2D eigenvalue weighted by molar-refractivity contribution is 6.91. The van der Waals surface area contributed by atoms with Crippen LogP contribution in [0.25, 0.3) is 0 Å². The fourth-order valence-corrected chi connectivity index (χ4v) is 17.8. The van der Waals surface area contributed by atoms with Crippen molar-refractivity contribution < 1.29 is 0 Å². The lowest BCUT2D eigenvalue weighted by molar-refractivity contribution is 0.838. The molecule has 3 aromatic rings. The van der Waals surface area contributed by atoms with Gasteiger partial charge in [-0.1, -0.05) is 119 Å². The Hall–Kier alpha value is -3.81. The molecule has 0 saturated heterocycles. The third-order valence-electron chi connectivity index (χ3n) is 9.73. The van der Waals surface area contributed by atoms with Crippen LogP contribution in [0.3, 0.4) is 0 Å². The number of benzene rings is 1. The first-order valence-corrected chi connectivity index (χ1v) is 21.3. The summed E-state index contributed by atoms with van der Waals surface area (Å²) in [5, 5.41) is 0. The third kappa shape index (κ3) is 8.12. The molecule has 0 aliphatic heterocycles. The molecule has 0 radical (unpaired) electrons. The number of rotatable bonds is 6. The molecule has 0 aliphatic carbocycles. The van der Waals surface area contributed by atoms with Gasteiger partial charge in [0.05, 0.1) is 11.1 Å². The summed E-state index contributed by atoms with van der Waals surface area (Å²) in [5.41, 5.74) is 15.9. The number of nitrogens with zero attached hydrogens (tertiary/aromatic N) is 2. The van der Waals surface area contributed by atoms with Gasteiger partial charge in [-0.05, 0) is 81.5 Å². The van der Waals surface area contributed by atoms with Crippen molar-refractivity contribution in [3.8, 4) is 46.6 Å². The first kappa shape index (κ1) is 36.7. The van der Waals surface area contributed by atoms with Gasteiger partial charge in [-0.15, -0.1) is 11.1 Å². The zero-order valence-corrected chi connectivity index (χ0v) is 32.1. The van der Waals surface area contributed by atoms with Gasteiger partial charge in [0.25, 0.3) is 0 Å². The Balaban J connectivity index is 2.04. The van der Waals surface area contributed by atoms with E-state index in [9.17, 15) is 0 Å². The van der Waals surface area contributed by atoms with Crippen molar-refractivity contribution in [2.75, 3.05) is 0 Å². The number of hydrogen-bond acceptors (Lipinski definition) is 2. The summed E-state index contributed by atoms with van der Waals surface area (Å²) in [6.07, 6.45) is 3.58. The molecule has 0 aliphatic rings. The van der Waals surface area contributed by atoms with E-state index in [0.717, 1.165) is 22.3 Å². The quantitative estimate of drug-likeness (QED) is 0.198. The summed E-state index contributed by atoms with van der Waals surface area (Å²) in [4.78, 5) is 9.24. The van der Waals surface area contributed by atoms with E-state index >= 15 is 0 Å². The lowest BCUT2D eigenvalue weighted by Crippen LogP contribution is -2.43. The third-order valence-corrected chi connectivity index (χ3v) is 22.3. The average molecular weight is 641 g/mol. The Bertz CT molecular complexity index is 1580. The second-order valence-corrected chi connectivity index (χ2v) is 25.3. The van der Waals surface area contributed by atoms with Gasteiger partial charge in [0.1, 0.15) is 27.5 Å². The van der Waals surface area contributed by atoms with Gasteiger partial charge in [-0.3, -0.25) is 0 Å². The van der Waals surface area contributed by atoms with Crippen molar-refractivity contribution in [2.24, 2.45) is 0 Å². The maximum Gasteiger partial charge on any atom is 0.146 e. The molecular formula is C42H52N2Si2. The van der Waals surface area contributed by atoms with E-state index in [4.69, 9.17) is 0 Å². The van der Waals surface area contributed by atoms with Gasteiger partial charge in [0, 0.05) is 23.5 Å². The van der Waals surface area contributed by atoms with Crippen molar-refractivity contribution in [3.63, 3.8) is 0 Å². The molecule has 0 N–H and O–H groups in total. The van der Waals surface area contributed by atoms with Crippen LogP contribution in [-0.4, -0.2) is 26.1 Å². The Morgan fingerprint density at radius 2 is 0.696 bits per heavy atom. The summed E-state index contributed by atoms with van der Waals surface area (Å²) in [6.45, 7) is 28.0. The van der Waals surface area contributed by atoms with Crippen LogP contribution in [0, 0.1) is 46.6 Å². The van der Waals surface area contributed by atoms with Crippen molar-refractivity contribution in [1.29, 1.82) is 0 Å². The molecule has 46 heavy (non-hydrogen) atoms. The van der Waals surface area contributed by atoms with E-state index in [1.54, 1.807) is 12.4 Å². The minimum atomic E-state index is -1.88. The summed E-state index contributed by atoms with van der Waals surface area (Å²) >= 11 is 0. The minimum absolute atomic E-state index is 0.562. The SMILES string of the molecule is CC(C)[Si](C#Cc1cccnc1C#Cc1ccccc1C#Cc1ncccc1C#C[Si](C(C)C)(C(C)C)C(C)C)(C(C)C)C(C)C. The molecular weight excluding hydrogens is 589 g/mol. The Labute approximate surface area is 282 Å². The van der Waals surface area contributed by atoms with Crippen LogP contribution in [0.15, 0.2) is 60.9 Å². The lowest BCUT2D eigenvalue weighted by atomic mass is 10.1. The lowest BCUT2D eigenvalue weighted by Gasteiger charge is -2.38. The normalized spacial score (nSPS) is 11.5. The first-order valence-electron chi connectivity index (χ1n) is 16.9. The molecule has 0 amide bonds. The topological polar surface area (TPSA) is 25.8 Å². The highest BCUT2D eigenvalue weighted by Crippen LogP contribution is 2.41. The van der Waals surface area contributed by atoms with E-state index in [2.05, 4.69) is 140 Å². The van der Waals surface area contributed by atoms with Crippen LogP contribution in [0.1, 0.15) is 117 Å². The largest absolute Gasteiger partial charge is 0.246 e. The van der Waals surface area contributed by atoms with Gasteiger partial charge in [-0.2, -0.15) is 0 Å². The highest BCUT2D eigenvalue weighted by Gasteiger charge is 2.42. The first-order chi connectivity index (χ1) is 21.8. The molecule has 0 saturated carbocycles. The number of aromatic nitrogens is 2. The Kier molecular flexibility index (Phi) is 12.9. The molecule has 0 fully saturated rings. The van der Waals surface area contributed by atoms with E-state index < -0.39 is 16.1 Å². The standard InChI is InChI=1S/C42H52N2Si2/c1-31(2)45(32(3)4,33(5)6)29-25-39-19-15-27-43-41(39)23-21-37-17-13-14-18-38(37)22-24-42-40(20-16-28-44-42)26-30-46(34(7)8,35(9)10)36(11)12/h13-20,27-28,31-36H,1-12H3. The van der Waals surface area contributed by atoms with E-state index in [-0.39, 0.29) is 0 Å². The van der Waals surface area contributed by atoms with Gasteiger partial charge in [-0.25, -0.2) is 9.97 Å². The predicted octanol–water partition coefficient (Wildman–Crippen LogP) is 10.4. The second kappa shape index (κ2) is 16.1. The van der Waals surface area contributed by atoms with Gasteiger partial charge in [0.2, 0.25) is 0 Å². The van der Waals surface area contributed by atoms with Crippen molar-refractivity contribution in [1.82, 2.24) is 9.97 Å². The van der Waals surface area contributed by atoms with Gasteiger partial charge >= 0.3 is 0 Å². The van der Waals surface area contributed by atoms with Gasteiger partial charge < -0.3 is 0 Å². The van der Waals surface area contributed by atoms with Crippen LogP contribution in [0.5, 0.6) is 0 Å². The van der Waals surface area contributed by atoms with Crippen molar-refractivity contribution in [3.05, 3.63) is 94.6 Å². The Morgan fingerprint density at radius 1 is 0.391 bits per heavy atom. The zero-order valence-electron chi connectivity index (χ0n) is 30.1. The zero-order chi connectivity index (χ0) is 34.1. The molecule has 4 heteroatoms. The number of hydrogen-bond donors (Lipinski definition) is 0. The molecule has 0 bridgehead atoms. The fraction of sp³-hybridized carbons (Fsp3) is 0.429. The van der Waals surface area contributed by atoms with Crippen LogP contribution < -0.4 is 0 Å². The van der Waals surface area contributed by atoms with Crippen molar-refractivity contribution >= 4 is 16.1 Å². The molecule has 2 nitrogen and oxygen atoms in total. The average Bonchev–Trinajstić information content (AvgIpc) is 3.00. The maximum absolute atomic E-state index is 4.62. The minimum Gasteiger partial charge on any atom is -0.246 e. The van der Waals surface area contributed by atoms with Crippen LogP contribution in [0.2, 0.25) is 33.2 Å². The molecule has 2 aromatic heterocycles. The fourth-order valence-electron chi connectivity index (χ4n) is 7.38. The number of pyridine rings is 2. The van der Waals surface area contributed by atoms with Gasteiger partial charge in [0.15, 0.2) is 0 Å². The molecule has 3 rings (SSSR count). The van der Waals surface area contributed by atoms with Crippen LogP contribution in [0.4, 0.5) is 0 Å². The maximum atomic E-state index is 4.62.